The van der Waals surface area contributed by atoms with Crippen molar-refractivity contribution in [2.45, 2.75) is 25.9 Å². The van der Waals surface area contributed by atoms with E-state index in [0.717, 1.165) is 32.6 Å². The third kappa shape index (κ3) is 5.15. The molecule has 0 spiro atoms. The van der Waals surface area contributed by atoms with Gasteiger partial charge in [-0.15, -0.1) is 11.3 Å². The Labute approximate surface area is 143 Å². The summed E-state index contributed by atoms with van der Waals surface area (Å²) in [6, 6.07) is 13.3. The normalized spacial score (nSPS) is 17.3. The summed E-state index contributed by atoms with van der Waals surface area (Å²) in [6.45, 7) is 7.63. The minimum absolute atomic E-state index is 0.727. The van der Waals surface area contributed by atoms with E-state index in [1.807, 2.05) is 11.3 Å². The summed E-state index contributed by atoms with van der Waals surface area (Å²) in [6.07, 6.45) is 2.23. The van der Waals surface area contributed by atoms with Gasteiger partial charge in [-0.2, -0.15) is 0 Å². The first kappa shape index (κ1) is 16.7. The number of thiophene rings is 1. The van der Waals surface area contributed by atoms with Crippen molar-refractivity contribution >= 4 is 11.3 Å². The van der Waals surface area contributed by atoms with E-state index in [1.54, 1.807) is 0 Å². The lowest BCUT2D eigenvalue weighted by Gasteiger charge is -2.21. The number of hydrogen-bond acceptors (Lipinski definition) is 4. The lowest BCUT2D eigenvalue weighted by Crippen LogP contribution is -2.30. The molecule has 0 saturated carbocycles. The molecular weight excluding hydrogens is 302 g/mol. The summed E-state index contributed by atoms with van der Waals surface area (Å²) in [5.41, 5.74) is 8.45. The van der Waals surface area contributed by atoms with Gasteiger partial charge in [-0.25, -0.2) is 0 Å². The third-order valence-corrected chi connectivity index (χ3v) is 5.33. The topological polar surface area (TPSA) is 32.5 Å². The Kier molecular flexibility index (Phi) is 6.22. The first-order valence-electron chi connectivity index (χ1n) is 8.58. The predicted molar refractivity (Wildman–Crippen MR) is 98.7 cm³/mol. The molecule has 0 atom stereocenters. The van der Waals surface area contributed by atoms with Gasteiger partial charge in [0.15, 0.2) is 0 Å². The van der Waals surface area contributed by atoms with E-state index in [9.17, 15) is 0 Å². The summed E-state index contributed by atoms with van der Waals surface area (Å²) in [7, 11) is 0. The molecule has 0 radical (unpaired) electrons. The zero-order chi connectivity index (χ0) is 15.9. The molecule has 0 bridgehead atoms. The van der Waals surface area contributed by atoms with Crippen molar-refractivity contribution in [3.8, 4) is 0 Å². The van der Waals surface area contributed by atoms with Crippen LogP contribution in [0, 0.1) is 0 Å². The highest BCUT2D eigenvalue weighted by Crippen LogP contribution is 2.15. The van der Waals surface area contributed by atoms with E-state index in [0.29, 0.717) is 0 Å². The molecule has 2 aromatic rings. The molecule has 1 aliphatic rings. The maximum absolute atomic E-state index is 5.67. The average molecular weight is 330 g/mol. The number of hydrogen-bond donors (Lipinski definition) is 1. The molecular formula is C19H27N3S. The molecule has 23 heavy (non-hydrogen) atoms. The predicted octanol–water partition coefficient (Wildman–Crippen LogP) is 2.96. The smallest absolute Gasteiger partial charge is 0.0328 e. The molecule has 2 N–H and O–H groups in total. The fourth-order valence-corrected chi connectivity index (χ4v) is 4.02. The summed E-state index contributed by atoms with van der Waals surface area (Å²) in [4.78, 5) is 6.67. The Morgan fingerprint density at radius 1 is 0.913 bits per heavy atom. The van der Waals surface area contributed by atoms with Crippen molar-refractivity contribution in [3.63, 3.8) is 0 Å². The van der Waals surface area contributed by atoms with Gasteiger partial charge in [-0.05, 0) is 55.0 Å². The Balaban J connectivity index is 1.52. The number of benzene rings is 1. The molecule has 0 unspecified atom stereocenters. The van der Waals surface area contributed by atoms with Crippen LogP contribution in [0.1, 0.15) is 22.4 Å². The molecule has 1 aromatic heterocycles. The van der Waals surface area contributed by atoms with E-state index >= 15 is 0 Å². The van der Waals surface area contributed by atoms with Gasteiger partial charge in [0, 0.05) is 31.1 Å². The fraction of sp³-hybridized carbons (Fsp3) is 0.474. The number of rotatable bonds is 6. The number of nitrogens with zero attached hydrogens (tertiary/aromatic N) is 2. The monoisotopic (exact) mass is 329 g/mol. The molecule has 124 valence electrons. The van der Waals surface area contributed by atoms with Crippen molar-refractivity contribution < 1.29 is 0 Å². The van der Waals surface area contributed by atoms with E-state index in [-0.39, 0.29) is 0 Å². The average Bonchev–Trinajstić information content (AvgIpc) is 2.96. The summed E-state index contributed by atoms with van der Waals surface area (Å²) in [5.74, 6) is 0. The molecule has 0 amide bonds. The van der Waals surface area contributed by atoms with Crippen LogP contribution in [0.5, 0.6) is 0 Å². The van der Waals surface area contributed by atoms with Gasteiger partial charge in [-0.3, -0.25) is 9.80 Å². The van der Waals surface area contributed by atoms with Gasteiger partial charge in [0.2, 0.25) is 0 Å². The molecule has 1 aliphatic heterocycles. The van der Waals surface area contributed by atoms with Crippen LogP contribution in [-0.2, 0) is 19.5 Å². The molecule has 1 aromatic carbocycles. The highest BCUT2D eigenvalue weighted by atomic mass is 32.1. The SMILES string of the molecule is NCCc1cccc(CN2CCCN(Cc3cccs3)CC2)c1. The zero-order valence-corrected chi connectivity index (χ0v) is 14.6. The Morgan fingerprint density at radius 3 is 2.43 bits per heavy atom. The van der Waals surface area contributed by atoms with E-state index < -0.39 is 0 Å². The van der Waals surface area contributed by atoms with E-state index in [4.69, 9.17) is 5.73 Å². The highest BCUT2D eigenvalue weighted by molar-refractivity contribution is 7.09. The van der Waals surface area contributed by atoms with Gasteiger partial charge in [0.1, 0.15) is 0 Å². The van der Waals surface area contributed by atoms with Crippen LogP contribution >= 0.6 is 11.3 Å². The second-order valence-electron chi connectivity index (χ2n) is 6.34. The van der Waals surface area contributed by atoms with Crippen LogP contribution in [0.2, 0.25) is 0 Å². The summed E-state index contributed by atoms with van der Waals surface area (Å²) < 4.78 is 0. The van der Waals surface area contributed by atoms with E-state index in [1.165, 1.54) is 42.1 Å². The quantitative estimate of drug-likeness (QED) is 0.884. The van der Waals surface area contributed by atoms with Crippen LogP contribution in [0.3, 0.4) is 0 Å². The first-order valence-corrected chi connectivity index (χ1v) is 9.46. The maximum atomic E-state index is 5.67. The third-order valence-electron chi connectivity index (χ3n) is 4.47. The minimum atomic E-state index is 0.727. The van der Waals surface area contributed by atoms with Crippen molar-refractivity contribution in [3.05, 3.63) is 57.8 Å². The molecule has 1 fully saturated rings. The van der Waals surface area contributed by atoms with Crippen LogP contribution in [0.4, 0.5) is 0 Å². The molecule has 4 heteroatoms. The highest BCUT2D eigenvalue weighted by Gasteiger charge is 2.15. The van der Waals surface area contributed by atoms with Gasteiger partial charge >= 0.3 is 0 Å². The minimum Gasteiger partial charge on any atom is -0.330 e. The van der Waals surface area contributed by atoms with Crippen molar-refractivity contribution in [2.75, 3.05) is 32.7 Å². The number of nitrogens with two attached hydrogens (primary N) is 1. The molecule has 2 heterocycles. The second kappa shape index (κ2) is 8.60. The summed E-state index contributed by atoms with van der Waals surface area (Å²) >= 11 is 1.87. The molecule has 0 aliphatic carbocycles. The molecule has 1 saturated heterocycles. The lowest BCUT2D eigenvalue weighted by atomic mass is 10.1. The van der Waals surface area contributed by atoms with Crippen LogP contribution in [0.25, 0.3) is 0 Å². The lowest BCUT2D eigenvalue weighted by molar-refractivity contribution is 0.248. The first-order chi connectivity index (χ1) is 11.3. The molecule has 3 rings (SSSR count). The van der Waals surface area contributed by atoms with Crippen molar-refractivity contribution in [1.29, 1.82) is 0 Å². The van der Waals surface area contributed by atoms with Gasteiger partial charge < -0.3 is 5.73 Å². The van der Waals surface area contributed by atoms with E-state index in [2.05, 4.69) is 51.6 Å². The van der Waals surface area contributed by atoms with Crippen LogP contribution in [0.15, 0.2) is 41.8 Å². The van der Waals surface area contributed by atoms with Gasteiger partial charge in [-0.1, -0.05) is 30.3 Å². The summed E-state index contributed by atoms with van der Waals surface area (Å²) in [5, 5.41) is 2.17. The fourth-order valence-electron chi connectivity index (χ4n) is 3.27. The second-order valence-corrected chi connectivity index (χ2v) is 7.38. The van der Waals surface area contributed by atoms with Crippen LogP contribution in [-0.4, -0.2) is 42.5 Å². The van der Waals surface area contributed by atoms with Crippen molar-refractivity contribution in [2.24, 2.45) is 5.73 Å². The van der Waals surface area contributed by atoms with Crippen LogP contribution < -0.4 is 5.73 Å². The Hall–Kier alpha value is -1.20. The van der Waals surface area contributed by atoms with Gasteiger partial charge in [0.05, 0.1) is 0 Å². The Morgan fingerprint density at radius 2 is 1.70 bits per heavy atom. The van der Waals surface area contributed by atoms with Gasteiger partial charge in [0.25, 0.3) is 0 Å². The largest absolute Gasteiger partial charge is 0.330 e. The zero-order valence-electron chi connectivity index (χ0n) is 13.8. The standard InChI is InChI=1S/C19H27N3S/c20-8-7-17-4-1-5-18(14-17)15-21-9-3-10-22(12-11-21)16-19-6-2-13-23-19/h1-2,4-6,13-14H,3,7-12,15-16,20H2. The van der Waals surface area contributed by atoms with Crippen molar-refractivity contribution in [1.82, 2.24) is 9.80 Å². The maximum Gasteiger partial charge on any atom is 0.0328 e. The Bertz CT molecular complexity index is 582. The molecule has 3 nitrogen and oxygen atoms in total.